The Labute approximate surface area is 140 Å². The van der Waals surface area contributed by atoms with Crippen LogP contribution >= 0.6 is 0 Å². The van der Waals surface area contributed by atoms with Gasteiger partial charge in [0.15, 0.2) is 0 Å². The van der Waals surface area contributed by atoms with Gasteiger partial charge < -0.3 is 19.6 Å². The number of ether oxygens (including phenoxy) is 1. The first-order valence-corrected chi connectivity index (χ1v) is 7.99. The number of rotatable bonds is 5. The molecule has 2 aromatic rings. The van der Waals surface area contributed by atoms with Gasteiger partial charge in [0, 0.05) is 11.6 Å². The molecule has 0 saturated heterocycles. The largest absolute Gasteiger partial charge is 0.497 e. The molecular weight excluding hydrogens is 306 g/mol. The molecule has 126 valence electrons. The van der Waals surface area contributed by atoms with Gasteiger partial charge in [-0.3, -0.25) is 4.79 Å². The van der Waals surface area contributed by atoms with E-state index in [1.165, 1.54) is 6.08 Å². The minimum absolute atomic E-state index is 0.181. The van der Waals surface area contributed by atoms with Gasteiger partial charge in [0.25, 0.3) is 0 Å². The molecule has 1 aliphatic carbocycles. The summed E-state index contributed by atoms with van der Waals surface area (Å²) in [6.45, 7) is 0.181. The lowest BCUT2D eigenvalue weighted by atomic mass is 9.79. The van der Waals surface area contributed by atoms with Crippen LogP contribution in [-0.4, -0.2) is 24.7 Å². The van der Waals surface area contributed by atoms with Crippen molar-refractivity contribution < 1.29 is 19.1 Å². The SMILES string of the molecule is COc1ccc2c(c1)CCC[C@@]2(O)CNC(=O)/C=C/c1ccoc1. The van der Waals surface area contributed by atoms with Crippen molar-refractivity contribution >= 4 is 12.0 Å². The molecule has 1 aromatic heterocycles. The number of methoxy groups -OCH3 is 1. The number of aryl methyl sites for hydroxylation is 1. The molecule has 1 aliphatic rings. The predicted octanol–water partition coefficient (Wildman–Crippen LogP) is 2.64. The number of hydrogen-bond donors (Lipinski definition) is 2. The summed E-state index contributed by atoms with van der Waals surface area (Å²) in [6.07, 6.45) is 8.61. The Morgan fingerprint density at radius 3 is 3.08 bits per heavy atom. The van der Waals surface area contributed by atoms with E-state index in [4.69, 9.17) is 9.15 Å². The molecule has 0 fully saturated rings. The Bertz CT molecular complexity index is 736. The molecule has 0 bridgehead atoms. The van der Waals surface area contributed by atoms with Crippen LogP contribution in [0, 0.1) is 0 Å². The van der Waals surface area contributed by atoms with Crippen LogP contribution in [-0.2, 0) is 16.8 Å². The van der Waals surface area contributed by atoms with Gasteiger partial charge in [0.1, 0.15) is 11.4 Å². The molecule has 1 aromatic carbocycles. The first kappa shape index (κ1) is 16.3. The van der Waals surface area contributed by atoms with Crippen LogP contribution in [0.3, 0.4) is 0 Å². The smallest absolute Gasteiger partial charge is 0.244 e. The number of aliphatic hydroxyl groups is 1. The molecule has 0 aliphatic heterocycles. The molecule has 24 heavy (non-hydrogen) atoms. The Hall–Kier alpha value is -2.53. The molecule has 5 nitrogen and oxygen atoms in total. The minimum atomic E-state index is -1.04. The summed E-state index contributed by atoms with van der Waals surface area (Å²) < 4.78 is 10.2. The summed E-state index contributed by atoms with van der Waals surface area (Å²) >= 11 is 0. The highest BCUT2D eigenvalue weighted by atomic mass is 16.5. The van der Waals surface area contributed by atoms with Crippen LogP contribution in [0.4, 0.5) is 0 Å². The Balaban J connectivity index is 1.68. The summed E-state index contributed by atoms with van der Waals surface area (Å²) in [5.41, 5.74) is 1.72. The van der Waals surface area contributed by atoms with Gasteiger partial charge >= 0.3 is 0 Å². The van der Waals surface area contributed by atoms with E-state index in [0.29, 0.717) is 6.42 Å². The summed E-state index contributed by atoms with van der Waals surface area (Å²) in [4.78, 5) is 12.0. The first-order valence-electron chi connectivity index (χ1n) is 7.99. The summed E-state index contributed by atoms with van der Waals surface area (Å²) in [7, 11) is 1.63. The third-order valence-corrected chi connectivity index (χ3v) is 4.38. The monoisotopic (exact) mass is 327 g/mol. The van der Waals surface area contributed by atoms with E-state index in [-0.39, 0.29) is 12.5 Å². The van der Waals surface area contributed by atoms with Gasteiger partial charge in [-0.05, 0) is 54.7 Å². The zero-order valence-electron chi connectivity index (χ0n) is 13.6. The van der Waals surface area contributed by atoms with Crippen LogP contribution in [0.15, 0.2) is 47.3 Å². The summed E-state index contributed by atoms with van der Waals surface area (Å²) in [6, 6.07) is 7.46. The molecule has 0 saturated carbocycles. The topological polar surface area (TPSA) is 71.7 Å². The highest BCUT2D eigenvalue weighted by molar-refractivity contribution is 5.91. The van der Waals surface area contributed by atoms with Crippen molar-refractivity contribution in [1.29, 1.82) is 0 Å². The van der Waals surface area contributed by atoms with E-state index in [1.54, 1.807) is 31.8 Å². The lowest BCUT2D eigenvalue weighted by Gasteiger charge is -2.34. The minimum Gasteiger partial charge on any atom is -0.497 e. The maximum Gasteiger partial charge on any atom is 0.244 e. The fourth-order valence-corrected chi connectivity index (χ4v) is 3.08. The van der Waals surface area contributed by atoms with Crippen molar-refractivity contribution in [2.24, 2.45) is 0 Å². The van der Waals surface area contributed by atoms with Crippen molar-refractivity contribution in [2.45, 2.75) is 24.9 Å². The molecule has 5 heteroatoms. The Morgan fingerprint density at radius 2 is 2.33 bits per heavy atom. The van der Waals surface area contributed by atoms with Gasteiger partial charge in [0.05, 0.1) is 26.2 Å². The summed E-state index contributed by atoms with van der Waals surface area (Å²) in [5, 5.41) is 13.8. The number of furan rings is 1. The average Bonchev–Trinajstić information content (AvgIpc) is 3.11. The van der Waals surface area contributed by atoms with Gasteiger partial charge in [-0.25, -0.2) is 0 Å². The molecule has 1 amide bonds. The van der Waals surface area contributed by atoms with Gasteiger partial charge in [-0.2, -0.15) is 0 Å². The van der Waals surface area contributed by atoms with Crippen molar-refractivity contribution in [3.63, 3.8) is 0 Å². The van der Waals surface area contributed by atoms with Crippen molar-refractivity contribution in [3.8, 4) is 5.75 Å². The number of nitrogens with one attached hydrogen (secondary N) is 1. The number of amides is 1. The third kappa shape index (κ3) is 3.51. The zero-order chi connectivity index (χ0) is 17.0. The maximum atomic E-state index is 12.0. The van der Waals surface area contributed by atoms with Crippen LogP contribution in [0.2, 0.25) is 0 Å². The number of hydrogen-bond acceptors (Lipinski definition) is 4. The molecular formula is C19H21NO4. The van der Waals surface area contributed by atoms with E-state index in [2.05, 4.69) is 5.32 Å². The fraction of sp³-hybridized carbons (Fsp3) is 0.316. The zero-order valence-corrected chi connectivity index (χ0v) is 13.6. The van der Waals surface area contributed by atoms with Gasteiger partial charge in [0.2, 0.25) is 5.91 Å². The van der Waals surface area contributed by atoms with Crippen LogP contribution in [0.1, 0.15) is 29.5 Å². The molecule has 2 N–H and O–H groups in total. The van der Waals surface area contributed by atoms with Crippen molar-refractivity contribution in [1.82, 2.24) is 5.32 Å². The second-order valence-electron chi connectivity index (χ2n) is 6.02. The quantitative estimate of drug-likeness (QED) is 0.828. The highest BCUT2D eigenvalue weighted by Crippen LogP contribution is 2.36. The van der Waals surface area contributed by atoms with Crippen molar-refractivity contribution in [3.05, 3.63) is 59.6 Å². The molecule has 1 atom stereocenters. The second-order valence-corrected chi connectivity index (χ2v) is 6.02. The number of carbonyl (C=O) groups excluding carboxylic acids is 1. The van der Waals surface area contributed by atoms with E-state index in [0.717, 1.165) is 35.3 Å². The number of carbonyl (C=O) groups is 1. The van der Waals surface area contributed by atoms with Gasteiger partial charge in [-0.15, -0.1) is 0 Å². The second kappa shape index (κ2) is 6.93. The average molecular weight is 327 g/mol. The molecule has 0 spiro atoms. The normalized spacial score (nSPS) is 19.9. The standard InChI is InChI=1S/C19H21NO4/c1-23-16-5-6-17-15(11-16)3-2-9-19(17,22)13-20-18(21)7-4-14-8-10-24-12-14/h4-8,10-12,22H,2-3,9,13H2,1H3,(H,20,21)/b7-4+/t19-/m1/s1. The number of benzene rings is 1. The van der Waals surface area contributed by atoms with E-state index >= 15 is 0 Å². The highest BCUT2D eigenvalue weighted by Gasteiger charge is 2.34. The van der Waals surface area contributed by atoms with Crippen LogP contribution in [0.25, 0.3) is 6.08 Å². The number of fused-ring (bicyclic) bond motifs is 1. The van der Waals surface area contributed by atoms with Gasteiger partial charge in [-0.1, -0.05) is 6.07 Å². The van der Waals surface area contributed by atoms with Crippen LogP contribution in [0.5, 0.6) is 5.75 Å². The summed E-state index contributed by atoms with van der Waals surface area (Å²) in [5.74, 6) is 0.537. The predicted molar refractivity (Wildman–Crippen MR) is 90.6 cm³/mol. The van der Waals surface area contributed by atoms with E-state index in [1.807, 2.05) is 18.2 Å². The molecule has 0 unspecified atom stereocenters. The Morgan fingerprint density at radius 1 is 1.46 bits per heavy atom. The van der Waals surface area contributed by atoms with Crippen LogP contribution < -0.4 is 10.1 Å². The Kier molecular flexibility index (Phi) is 4.71. The third-order valence-electron chi connectivity index (χ3n) is 4.38. The molecule has 0 radical (unpaired) electrons. The lowest BCUT2D eigenvalue weighted by molar-refractivity contribution is -0.118. The van der Waals surface area contributed by atoms with Crippen molar-refractivity contribution in [2.75, 3.05) is 13.7 Å². The first-order chi connectivity index (χ1) is 11.6. The van der Waals surface area contributed by atoms with E-state index < -0.39 is 5.60 Å². The molecule has 3 rings (SSSR count). The fourth-order valence-electron chi connectivity index (χ4n) is 3.08. The lowest BCUT2D eigenvalue weighted by Crippen LogP contribution is -2.42. The maximum absolute atomic E-state index is 12.0. The van der Waals surface area contributed by atoms with E-state index in [9.17, 15) is 9.90 Å². The molecule has 1 heterocycles.